The van der Waals surface area contributed by atoms with E-state index in [0.29, 0.717) is 25.3 Å². The van der Waals surface area contributed by atoms with Gasteiger partial charge in [-0.15, -0.1) is 0 Å². The standard InChI is InChI=1S/C12H17N3O/c1-4-11(16)15-5-9-7(2)8(3)14-12(13)10(9)6-15/h4-6H2,1-3H3,(H2,13,14). The van der Waals surface area contributed by atoms with Gasteiger partial charge in [-0.3, -0.25) is 4.79 Å². The Morgan fingerprint density at radius 2 is 2.00 bits per heavy atom. The maximum atomic E-state index is 11.7. The van der Waals surface area contributed by atoms with Crippen molar-refractivity contribution in [2.75, 3.05) is 5.73 Å². The molecule has 0 atom stereocenters. The van der Waals surface area contributed by atoms with Gasteiger partial charge in [0.15, 0.2) is 0 Å². The number of aryl methyl sites for hydroxylation is 1. The lowest BCUT2D eigenvalue weighted by Crippen LogP contribution is -2.24. The molecular formula is C12H17N3O. The summed E-state index contributed by atoms with van der Waals surface area (Å²) >= 11 is 0. The number of pyridine rings is 1. The van der Waals surface area contributed by atoms with E-state index in [4.69, 9.17) is 5.73 Å². The number of nitrogen functional groups attached to an aromatic ring is 1. The molecule has 16 heavy (non-hydrogen) atoms. The maximum absolute atomic E-state index is 11.7. The highest BCUT2D eigenvalue weighted by Crippen LogP contribution is 2.30. The molecule has 2 heterocycles. The Balaban J connectivity index is 2.41. The van der Waals surface area contributed by atoms with E-state index in [-0.39, 0.29) is 5.91 Å². The summed E-state index contributed by atoms with van der Waals surface area (Å²) in [4.78, 5) is 17.8. The van der Waals surface area contributed by atoms with Gasteiger partial charge in [-0.1, -0.05) is 6.92 Å². The van der Waals surface area contributed by atoms with Crippen LogP contribution in [0, 0.1) is 13.8 Å². The van der Waals surface area contributed by atoms with E-state index in [1.807, 2.05) is 25.7 Å². The number of anilines is 1. The molecule has 4 nitrogen and oxygen atoms in total. The molecule has 0 unspecified atom stereocenters. The summed E-state index contributed by atoms with van der Waals surface area (Å²) in [5.41, 5.74) is 10.2. The molecule has 0 spiro atoms. The molecule has 1 aromatic heterocycles. The van der Waals surface area contributed by atoms with Crippen LogP contribution in [0.4, 0.5) is 5.82 Å². The topological polar surface area (TPSA) is 59.2 Å². The van der Waals surface area contributed by atoms with Gasteiger partial charge in [0, 0.05) is 30.8 Å². The lowest BCUT2D eigenvalue weighted by molar-refractivity contribution is -0.131. The third-order valence-electron chi connectivity index (χ3n) is 3.31. The second kappa shape index (κ2) is 3.77. The average Bonchev–Trinajstić information content (AvgIpc) is 2.70. The third-order valence-corrected chi connectivity index (χ3v) is 3.31. The normalized spacial score (nSPS) is 14.1. The van der Waals surface area contributed by atoms with Gasteiger partial charge < -0.3 is 10.6 Å². The minimum absolute atomic E-state index is 0.174. The van der Waals surface area contributed by atoms with Gasteiger partial charge in [0.25, 0.3) is 0 Å². The Labute approximate surface area is 95.5 Å². The fourth-order valence-corrected chi connectivity index (χ4v) is 2.16. The van der Waals surface area contributed by atoms with Gasteiger partial charge in [0.2, 0.25) is 5.91 Å². The highest BCUT2D eigenvalue weighted by Gasteiger charge is 2.26. The fraction of sp³-hybridized carbons (Fsp3) is 0.500. The Morgan fingerprint density at radius 1 is 1.38 bits per heavy atom. The van der Waals surface area contributed by atoms with Crippen LogP contribution in [-0.2, 0) is 17.9 Å². The summed E-state index contributed by atoms with van der Waals surface area (Å²) in [6, 6.07) is 0. The van der Waals surface area contributed by atoms with Crippen molar-refractivity contribution in [3.8, 4) is 0 Å². The Kier molecular flexibility index (Phi) is 2.58. The number of aromatic nitrogens is 1. The van der Waals surface area contributed by atoms with Crippen LogP contribution in [-0.4, -0.2) is 15.8 Å². The summed E-state index contributed by atoms with van der Waals surface area (Å²) in [6.07, 6.45) is 0.541. The molecule has 86 valence electrons. The molecule has 1 aliphatic heterocycles. The molecule has 0 saturated heterocycles. The molecule has 0 radical (unpaired) electrons. The van der Waals surface area contributed by atoms with Crippen LogP contribution in [0.5, 0.6) is 0 Å². The van der Waals surface area contributed by atoms with E-state index in [1.54, 1.807) is 0 Å². The number of amides is 1. The molecule has 1 amide bonds. The maximum Gasteiger partial charge on any atom is 0.222 e. The number of carbonyl (C=O) groups excluding carboxylic acids is 1. The van der Waals surface area contributed by atoms with Gasteiger partial charge in [-0.2, -0.15) is 0 Å². The van der Waals surface area contributed by atoms with E-state index in [2.05, 4.69) is 4.98 Å². The first-order chi connectivity index (χ1) is 7.54. The molecule has 0 aromatic carbocycles. The van der Waals surface area contributed by atoms with Crippen molar-refractivity contribution in [3.05, 3.63) is 22.4 Å². The van der Waals surface area contributed by atoms with Crippen LogP contribution in [0.15, 0.2) is 0 Å². The molecule has 1 aliphatic rings. The van der Waals surface area contributed by atoms with Gasteiger partial charge in [-0.25, -0.2) is 4.98 Å². The van der Waals surface area contributed by atoms with E-state index in [1.165, 1.54) is 5.56 Å². The first-order valence-electron chi connectivity index (χ1n) is 5.56. The third kappa shape index (κ3) is 1.54. The Morgan fingerprint density at radius 3 is 2.62 bits per heavy atom. The van der Waals surface area contributed by atoms with Crippen molar-refractivity contribution in [2.24, 2.45) is 0 Å². The van der Waals surface area contributed by atoms with Crippen LogP contribution < -0.4 is 5.73 Å². The quantitative estimate of drug-likeness (QED) is 0.779. The zero-order valence-corrected chi connectivity index (χ0v) is 10.0. The lowest BCUT2D eigenvalue weighted by atomic mass is 10.0. The Hall–Kier alpha value is -1.58. The van der Waals surface area contributed by atoms with Crippen molar-refractivity contribution < 1.29 is 4.79 Å². The van der Waals surface area contributed by atoms with E-state index in [9.17, 15) is 4.79 Å². The molecule has 0 bridgehead atoms. The van der Waals surface area contributed by atoms with Crippen molar-refractivity contribution in [2.45, 2.75) is 40.3 Å². The lowest BCUT2D eigenvalue weighted by Gasteiger charge is -2.13. The van der Waals surface area contributed by atoms with E-state index < -0.39 is 0 Å². The summed E-state index contributed by atoms with van der Waals surface area (Å²) in [6.45, 7) is 7.17. The molecule has 0 saturated carbocycles. The van der Waals surface area contributed by atoms with Crippen LogP contribution in [0.25, 0.3) is 0 Å². The summed E-state index contributed by atoms with van der Waals surface area (Å²) < 4.78 is 0. The zero-order chi connectivity index (χ0) is 11.9. The van der Waals surface area contributed by atoms with Gasteiger partial charge in [-0.05, 0) is 25.0 Å². The van der Waals surface area contributed by atoms with Crippen molar-refractivity contribution in [1.29, 1.82) is 0 Å². The van der Waals surface area contributed by atoms with Crippen molar-refractivity contribution in [1.82, 2.24) is 9.88 Å². The monoisotopic (exact) mass is 219 g/mol. The summed E-state index contributed by atoms with van der Waals surface area (Å²) in [5, 5.41) is 0. The SMILES string of the molecule is CCC(=O)N1Cc2c(N)nc(C)c(C)c2C1. The number of rotatable bonds is 1. The van der Waals surface area contributed by atoms with Gasteiger partial charge in [0.1, 0.15) is 5.82 Å². The largest absolute Gasteiger partial charge is 0.383 e. The molecular weight excluding hydrogens is 202 g/mol. The molecule has 1 aromatic rings. The number of fused-ring (bicyclic) bond motifs is 1. The predicted octanol–water partition coefficient (Wildman–Crippen LogP) is 1.53. The first kappa shape index (κ1) is 10.9. The summed E-state index contributed by atoms with van der Waals surface area (Å²) in [7, 11) is 0. The smallest absolute Gasteiger partial charge is 0.222 e. The highest BCUT2D eigenvalue weighted by atomic mass is 16.2. The second-order valence-electron chi connectivity index (χ2n) is 4.27. The van der Waals surface area contributed by atoms with Crippen LogP contribution in [0.3, 0.4) is 0 Å². The first-order valence-corrected chi connectivity index (χ1v) is 5.56. The zero-order valence-electron chi connectivity index (χ0n) is 10.0. The van der Waals surface area contributed by atoms with E-state index in [0.717, 1.165) is 16.8 Å². The number of nitrogens with zero attached hydrogens (tertiary/aromatic N) is 2. The van der Waals surface area contributed by atoms with Crippen LogP contribution in [0.1, 0.15) is 35.7 Å². The number of carbonyl (C=O) groups is 1. The Bertz CT molecular complexity index is 454. The molecule has 0 aliphatic carbocycles. The summed E-state index contributed by atoms with van der Waals surface area (Å²) in [5.74, 6) is 0.747. The number of nitrogens with two attached hydrogens (primary N) is 1. The molecule has 4 heteroatoms. The number of hydrogen-bond donors (Lipinski definition) is 1. The average molecular weight is 219 g/mol. The second-order valence-corrected chi connectivity index (χ2v) is 4.27. The minimum atomic E-state index is 0.174. The van der Waals surface area contributed by atoms with Crippen molar-refractivity contribution in [3.63, 3.8) is 0 Å². The number of hydrogen-bond acceptors (Lipinski definition) is 3. The van der Waals surface area contributed by atoms with Crippen LogP contribution in [0.2, 0.25) is 0 Å². The predicted molar refractivity (Wildman–Crippen MR) is 62.7 cm³/mol. The van der Waals surface area contributed by atoms with Gasteiger partial charge >= 0.3 is 0 Å². The fourth-order valence-electron chi connectivity index (χ4n) is 2.16. The van der Waals surface area contributed by atoms with Crippen LogP contribution >= 0.6 is 0 Å². The molecule has 2 rings (SSSR count). The molecule has 0 fully saturated rings. The van der Waals surface area contributed by atoms with E-state index >= 15 is 0 Å². The molecule has 2 N–H and O–H groups in total. The highest BCUT2D eigenvalue weighted by molar-refractivity contribution is 5.77. The van der Waals surface area contributed by atoms with Gasteiger partial charge in [0.05, 0.1) is 0 Å². The van der Waals surface area contributed by atoms with Crippen molar-refractivity contribution >= 4 is 11.7 Å². The minimum Gasteiger partial charge on any atom is -0.383 e.